The summed E-state index contributed by atoms with van der Waals surface area (Å²) >= 11 is 0. The Morgan fingerprint density at radius 1 is 1.50 bits per heavy atom. The van der Waals surface area contributed by atoms with Crippen LogP contribution in [-0.2, 0) is 4.79 Å². The molecule has 0 aliphatic heterocycles. The highest BCUT2D eigenvalue weighted by atomic mass is 16.4. The lowest BCUT2D eigenvalue weighted by molar-refractivity contribution is -0.140. The SMILES string of the molecule is CC1(C)CC=C[C@]1(C)CC(=O)O. The molecule has 0 heterocycles. The average molecular weight is 168 g/mol. The van der Waals surface area contributed by atoms with Crippen molar-refractivity contribution in [2.24, 2.45) is 10.8 Å². The molecule has 1 atom stereocenters. The van der Waals surface area contributed by atoms with Crippen LogP contribution in [0, 0.1) is 10.8 Å². The summed E-state index contributed by atoms with van der Waals surface area (Å²) in [4.78, 5) is 10.6. The van der Waals surface area contributed by atoms with Gasteiger partial charge in [0.2, 0.25) is 0 Å². The third kappa shape index (κ3) is 1.38. The maximum absolute atomic E-state index is 10.6. The molecule has 1 rings (SSSR count). The Hall–Kier alpha value is -0.790. The molecule has 0 spiro atoms. The van der Waals surface area contributed by atoms with Crippen molar-refractivity contribution in [1.29, 1.82) is 0 Å². The molecule has 0 bridgehead atoms. The van der Waals surface area contributed by atoms with Gasteiger partial charge in [0, 0.05) is 5.41 Å². The Morgan fingerprint density at radius 3 is 2.42 bits per heavy atom. The van der Waals surface area contributed by atoms with Gasteiger partial charge in [0.15, 0.2) is 0 Å². The van der Waals surface area contributed by atoms with Crippen molar-refractivity contribution in [3.05, 3.63) is 12.2 Å². The molecule has 0 aromatic heterocycles. The van der Waals surface area contributed by atoms with Crippen LogP contribution in [0.5, 0.6) is 0 Å². The van der Waals surface area contributed by atoms with E-state index in [0.29, 0.717) is 0 Å². The van der Waals surface area contributed by atoms with Gasteiger partial charge in [0.05, 0.1) is 6.42 Å². The van der Waals surface area contributed by atoms with Crippen molar-refractivity contribution in [2.75, 3.05) is 0 Å². The van der Waals surface area contributed by atoms with Crippen LogP contribution in [0.3, 0.4) is 0 Å². The summed E-state index contributed by atoms with van der Waals surface area (Å²) in [6, 6.07) is 0. The molecule has 68 valence electrons. The Morgan fingerprint density at radius 2 is 2.08 bits per heavy atom. The molecule has 0 saturated heterocycles. The fourth-order valence-corrected chi connectivity index (χ4v) is 1.68. The number of carbonyl (C=O) groups is 1. The molecule has 0 aromatic carbocycles. The molecule has 0 aromatic rings. The van der Waals surface area contributed by atoms with E-state index in [1.165, 1.54) is 0 Å². The summed E-state index contributed by atoms with van der Waals surface area (Å²) in [6.45, 7) is 6.26. The van der Waals surface area contributed by atoms with Crippen molar-refractivity contribution in [1.82, 2.24) is 0 Å². The standard InChI is InChI=1S/C10H16O2/c1-9(2)5-4-6-10(9,3)7-8(11)12/h4,6H,5,7H2,1-3H3,(H,11,12)/t10-/m1/s1. The van der Waals surface area contributed by atoms with Crippen LogP contribution in [-0.4, -0.2) is 11.1 Å². The first-order valence-electron chi connectivity index (χ1n) is 4.27. The largest absolute Gasteiger partial charge is 0.481 e. The molecule has 2 nitrogen and oxygen atoms in total. The van der Waals surface area contributed by atoms with Gasteiger partial charge < -0.3 is 5.11 Å². The van der Waals surface area contributed by atoms with Gasteiger partial charge >= 0.3 is 5.97 Å². The van der Waals surface area contributed by atoms with Crippen molar-refractivity contribution < 1.29 is 9.90 Å². The van der Waals surface area contributed by atoms with E-state index in [-0.39, 0.29) is 17.3 Å². The molecule has 1 aliphatic carbocycles. The van der Waals surface area contributed by atoms with Crippen LogP contribution in [0.2, 0.25) is 0 Å². The molecule has 0 fully saturated rings. The number of hydrogen-bond donors (Lipinski definition) is 1. The van der Waals surface area contributed by atoms with E-state index in [1.54, 1.807) is 0 Å². The van der Waals surface area contributed by atoms with E-state index < -0.39 is 5.97 Å². The Labute approximate surface area is 73.3 Å². The highest BCUT2D eigenvalue weighted by molar-refractivity contribution is 5.68. The van der Waals surface area contributed by atoms with Gasteiger partial charge in [-0.25, -0.2) is 0 Å². The molecule has 0 amide bonds. The van der Waals surface area contributed by atoms with E-state index in [4.69, 9.17) is 5.11 Å². The summed E-state index contributed by atoms with van der Waals surface area (Å²) in [7, 11) is 0. The second-order valence-electron chi connectivity index (χ2n) is 4.48. The van der Waals surface area contributed by atoms with Crippen LogP contribution < -0.4 is 0 Å². The van der Waals surface area contributed by atoms with Crippen molar-refractivity contribution in [3.8, 4) is 0 Å². The van der Waals surface area contributed by atoms with Crippen molar-refractivity contribution in [3.63, 3.8) is 0 Å². The van der Waals surface area contributed by atoms with E-state index in [1.807, 2.05) is 13.0 Å². The van der Waals surface area contributed by atoms with Crippen LogP contribution in [0.15, 0.2) is 12.2 Å². The van der Waals surface area contributed by atoms with E-state index >= 15 is 0 Å². The molecule has 0 unspecified atom stereocenters. The molecular weight excluding hydrogens is 152 g/mol. The minimum atomic E-state index is -0.711. The van der Waals surface area contributed by atoms with Crippen molar-refractivity contribution in [2.45, 2.75) is 33.6 Å². The van der Waals surface area contributed by atoms with Crippen molar-refractivity contribution >= 4 is 5.97 Å². The quantitative estimate of drug-likeness (QED) is 0.643. The highest BCUT2D eigenvalue weighted by Gasteiger charge is 2.42. The fourth-order valence-electron chi connectivity index (χ4n) is 1.68. The zero-order valence-corrected chi connectivity index (χ0v) is 7.92. The first kappa shape index (κ1) is 9.30. The predicted molar refractivity (Wildman–Crippen MR) is 47.9 cm³/mol. The number of rotatable bonds is 2. The summed E-state index contributed by atoms with van der Waals surface area (Å²) in [5.74, 6) is -0.711. The molecule has 1 N–H and O–H groups in total. The van der Waals surface area contributed by atoms with Crippen LogP contribution in [0.4, 0.5) is 0 Å². The van der Waals surface area contributed by atoms with Gasteiger partial charge in [-0.2, -0.15) is 0 Å². The van der Waals surface area contributed by atoms with E-state index in [2.05, 4.69) is 19.9 Å². The summed E-state index contributed by atoms with van der Waals surface area (Å²) in [5, 5.41) is 8.74. The predicted octanol–water partition coefficient (Wildman–Crippen LogP) is 2.45. The number of allylic oxidation sites excluding steroid dienone is 2. The average Bonchev–Trinajstić information content (AvgIpc) is 2.05. The van der Waals surface area contributed by atoms with Crippen LogP contribution >= 0.6 is 0 Å². The lowest BCUT2D eigenvalue weighted by Gasteiger charge is -2.36. The van der Waals surface area contributed by atoms with Crippen LogP contribution in [0.25, 0.3) is 0 Å². The molecular formula is C10H16O2. The zero-order chi connectivity index (χ0) is 9.41. The minimum Gasteiger partial charge on any atom is -0.481 e. The van der Waals surface area contributed by atoms with Gasteiger partial charge in [-0.1, -0.05) is 32.9 Å². The number of carboxylic acids is 1. The normalized spacial score (nSPS) is 32.2. The Kier molecular flexibility index (Phi) is 2.02. The summed E-state index contributed by atoms with van der Waals surface area (Å²) in [5.41, 5.74) is -0.0791. The number of aliphatic carboxylic acids is 1. The fraction of sp³-hybridized carbons (Fsp3) is 0.700. The first-order chi connectivity index (χ1) is 5.37. The molecule has 12 heavy (non-hydrogen) atoms. The first-order valence-corrected chi connectivity index (χ1v) is 4.27. The smallest absolute Gasteiger partial charge is 0.304 e. The second kappa shape index (κ2) is 2.61. The number of hydrogen-bond acceptors (Lipinski definition) is 1. The van der Waals surface area contributed by atoms with E-state index in [0.717, 1.165) is 6.42 Å². The van der Waals surface area contributed by atoms with Gasteiger partial charge in [-0.3, -0.25) is 4.79 Å². The molecule has 0 radical (unpaired) electrons. The maximum atomic E-state index is 10.6. The Balaban J connectivity index is 2.82. The van der Waals surface area contributed by atoms with Crippen LogP contribution in [0.1, 0.15) is 33.6 Å². The lowest BCUT2D eigenvalue weighted by atomic mass is 9.67. The highest BCUT2D eigenvalue weighted by Crippen LogP contribution is 2.49. The third-order valence-corrected chi connectivity index (χ3v) is 3.18. The lowest BCUT2D eigenvalue weighted by Crippen LogP contribution is -2.31. The van der Waals surface area contributed by atoms with E-state index in [9.17, 15) is 4.79 Å². The third-order valence-electron chi connectivity index (χ3n) is 3.18. The van der Waals surface area contributed by atoms with Gasteiger partial charge in [-0.05, 0) is 11.8 Å². The number of carboxylic acid groups (broad SMARTS) is 1. The van der Waals surface area contributed by atoms with Gasteiger partial charge in [-0.15, -0.1) is 0 Å². The topological polar surface area (TPSA) is 37.3 Å². The molecule has 2 heteroatoms. The monoisotopic (exact) mass is 168 g/mol. The molecule has 1 aliphatic rings. The second-order valence-corrected chi connectivity index (χ2v) is 4.48. The van der Waals surface area contributed by atoms with Gasteiger partial charge in [0.1, 0.15) is 0 Å². The van der Waals surface area contributed by atoms with Gasteiger partial charge in [0.25, 0.3) is 0 Å². The summed E-state index contributed by atoms with van der Waals surface area (Å²) < 4.78 is 0. The minimum absolute atomic E-state index is 0.0887. The maximum Gasteiger partial charge on any atom is 0.304 e. The zero-order valence-electron chi connectivity index (χ0n) is 7.92. The molecule has 0 saturated carbocycles. The summed E-state index contributed by atoms with van der Waals surface area (Å²) in [6.07, 6.45) is 5.34. The Bertz CT molecular complexity index is 228.